The molecule has 0 radical (unpaired) electrons. The van der Waals surface area contributed by atoms with E-state index in [1.54, 1.807) is 38.3 Å². The van der Waals surface area contributed by atoms with Gasteiger partial charge in [-0.25, -0.2) is 0 Å². The molecule has 0 saturated heterocycles. The second-order valence-corrected chi connectivity index (χ2v) is 6.71. The van der Waals surface area contributed by atoms with Crippen molar-refractivity contribution in [2.45, 2.75) is 13.0 Å². The normalized spacial score (nSPS) is 11.7. The van der Waals surface area contributed by atoms with Crippen LogP contribution in [-0.4, -0.2) is 29.3 Å². The van der Waals surface area contributed by atoms with Gasteiger partial charge in [0.05, 0.1) is 12.1 Å². The number of aromatic nitrogens is 2. The molecule has 0 fully saturated rings. The number of para-hydroxylation sites is 1. The lowest BCUT2D eigenvalue weighted by atomic mass is 10.2. The summed E-state index contributed by atoms with van der Waals surface area (Å²) in [6, 6.07) is 14.4. The molecule has 6 nitrogen and oxygen atoms in total. The standard InChI is InChI=1S/C18H16ClN3O3S/c1-11(25-15-6-4-3-5-14(15)19)16(23)20-18-22-21-17(26-18)12-7-9-13(24-2)10-8-12/h3-11H,1-2H3,(H,20,22,23)/t11-/m1/s1. The number of halogens is 1. The van der Waals surface area contributed by atoms with Crippen LogP contribution in [0, 0.1) is 0 Å². The SMILES string of the molecule is COc1ccc(-c2nnc(NC(=O)[C@@H](C)Oc3ccccc3Cl)s2)cc1. The third kappa shape index (κ3) is 4.30. The molecule has 0 aliphatic carbocycles. The van der Waals surface area contributed by atoms with Crippen molar-refractivity contribution in [3.05, 3.63) is 53.6 Å². The van der Waals surface area contributed by atoms with Crippen molar-refractivity contribution in [3.8, 4) is 22.1 Å². The quantitative estimate of drug-likeness (QED) is 0.681. The fourth-order valence-corrected chi connectivity index (χ4v) is 3.05. The molecule has 8 heteroatoms. The van der Waals surface area contributed by atoms with Crippen LogP contribution in [0.2, 0.25) is 5.02 Å². The van der Waals surface area contributed by atoms with Crippen molar-refractivity contribution in [2.24, 2.45) is 0 Å². The predicted octanol–water partition coefficient (Wildman–Crippen LogP) is 4.27. The zero-order chi connectivity index (χ0) is 18.5. The molecule has 134 valence electrons. The Morgan fingerprint density at radius 1 is 1.15 bits per heavy atom. The fraction of sp³-hybridized carbons (Fsp3) is 0.167. The molecule has 1 heterocycles. The van der Waals surface area contributed by atoms with E-state index in [4.69, 9.17) is 21.1 Å². The monoisotopic (exact) mass is 389 g/mol. The molecule has 0 aliphatic heterocycles. The topological polar surface area (TPSA) is 73.3 Å². The molecule has 0 unspecified atom stereocenters. The first-order valence-corrected chi connectivity index (χ1v) is 8.96. The van der Waals surface area contributed by atoms with Crippen LogP contribution in [0.25, 0.3) is 10.6 Å². The van der Waals surface area contributed by atoms with E-state index in [1.807, 2.05) is 24.3 Å². The zero-order valence-electron chi connectivity index (χ0n) is 14.1. The van der Waals surface area contributed by atoms with Crippen LogP contribution in [0.15, 0.2) is 48.5 Å². The predicted molar refractivity (Wildman–Crippen MR) is 102 cm³/mol. The largest absolute Gasteiger partial charge is 0.497 e. The van der Waals surface area contributed by atoms with Crippen molar-refractivity contribution >= 4 is 34.0 Å². The molecule has 0 saturated carbocycles. The fourth-order valence-electron chi connectivity index (χ4n) is 2.12. The number of nitrogens with one attached hydrogen (secondary N) is 1. The molecule has 2 aromatic carbocycles. The summed E-state index contributed by atoms with van der Waals surface area (Å²) in [5, 5.41) is 12.4. The van der Waals surface area contributed by atoms with E-state index in [9.17, 15) is 4.79 Å². The highest BCUT2D eigenvalue weighted by Crippen LogP contribution is 2.28. The number of methoxy groups -OCH3 is 1. The van der Waals surface area contributed by atoms with Gasteiger partial charge in [-0.1, -0.05) is 35.1 Å². The van der Waals surface area contributed by atoms with Crippen LogP contribution >= 0.6 is 22.9 Å². The maximum Gasteiger partial charge on any atom is 0.266 e. The minimum atomic E-state index is -0.733. The second kappa shape index (κ2) is 8.16. The van der Waals surface area contributed by atoms with E-state index in [1.165, 1.54) is 11.3 Å². The molecule has 3 rings (SSSR count). The number of hydrogen-bond donors (Lipinski definition) is 1. The average molecular weight is 390 g/mol. The van der Waals surface area contributed by atoms with E-state index in [0.717, 1.165) is 11.3 Å². The average Bonchev–Trinajstić information content (AvgIpc) is 3.12. The molecular formula is C18H16ClN3O3S. The highest BCUT2D eigenvalue weighted by atomic mass is 35.5. The van der Waals surface area contributed by atoms with Gasteiger partial charge >= 0.3 is 0 Å². The Bertz CT molecular complexity index is 899. The number of benzene rings is 2. The van der Waals surface area contributed by atoms with Crippen molar-refractivity contribution < 1.29 is 14.3 Å². The lowest BCUT2D eigenvalue weighted by Crippen LogP contribution is -2.30. The summed E-state index contributed by atoms with van der Waals surface area (Å²) in [6.45, 7) is 1.64. The van der Waals surface area contributed by atoms with Crippen LogP contribution in [-0.2, 0) is 4.79 Å². The first-order chi connectivity index (χ1) is 12.6. The highest BCUT2D eigenvalue weighted by Gasteiger charge is 2.18. The van der Waals surface area contributed by atoms with Gasteiger partial charge in [0.2, 0.25) is 5.13 Å². The Balaban J connectivity index is 1.64. The van der Waals surface area contributed by atoms with Crippen LogP contribution in [0.3, 0.4) is 0 Å². The summed E-state index contributed by atoms with van der Waals surface area (Å²) in [6.07, 6.45) is -0.733. The van der Waals surface area contributed by atoms with Crippen molar-refractivity contribution in [1.29, 1.82) is 0 Å². The van der Waals surface area contributed by atoms with Gasteiger partial charge in [-0.2, -0.15) is 0 Å². The van der Waals surface area contributed by atoms with Crippen molar-refractivity contribution in [2.75, 3.05) is 12.4 Å². The molecule has 1 atom stereocenters. The van der Waals surface area contributed by atoms with Crippen LogP contribution in [0.1, 0.15) is 6.92 Å². The third-order valence-electron chi connectivity index (χ3n) is 3.50. The molecule has 0 bridgehead atoms. The van der Waals surface area contributed by atoms with Gasteiger partial charge in [0, 0.05) is 5.56 Å². The Hall–Kier alpha value is -2.64. The summed E-state index contributed by atoms with van der Waals surface area (Å²) in [7, 11) is 1.61. The molecule has 3 aromatic rings. The number of amides is 1. The van der Waals surface area contributed by atoms with E-state index >= 15 is 0 Å². The Morgan fingerprint density at radius 3 is 2.58 bits per heavy atom. The van der Waals surface area contributed by atoms with Crippen LogP contribution < -0.4 is 14.8 Å². The van der Waals surface area contributed by atoms with E-state index in [-0.39, 0.29) is 5.91 Å². The molecule has 1 aromatic heterocycles. The summed E-state index contributed by atoms with van der Waals surface area (Å²) in [5.74, 6) is 0.882. The summed E-state index contributed by atoms with van der Waals surface area (Å²) in [5.41, 5.74) is 0.893. The zero-order valence-corrected chi connectivity index (χ0v) is 15.7. The Labute approximate surface area is 159 Å². The first-order valence-electron chi connectivity index (χ1n) is 7.77. The third-order valence-corrected chi connectivity index (χ3v) is 4.70. The number of hydrogen-bond acceptors (Lipinski definition) is 6. The molecule has 0 spiro atoms. The van der Waals surface area contributed by atoms with E-state index in [0.29, 0.717) is 20.9 Å². The number of rotatable bonds is 6. The van der Waals surface area contributed by atoms with E-state index in [2.05, 4.69) is 15.5 Å². The molecule has 1 amide bonds. The van der Waals surface area contributed by atoms with Crippen LogP contribution in [0.5, 0.6) is 11.5 Å². The summed E-state index contributed by atoms with van der Waals surface area (Å²) >= 11 is 7.32. The molecular weight excluding hydrogens is 374 g/mol. The first kappa shape index (κ1) is 18.2. The minimum Gasteiger partial charge on any atom is -0.497 e. The second-order valence-electron chi connectivity index (χ2n) is 5.32. The van der Waals surface area contributed by atoms with E-state index < -0.39 is 6.10 Å². The smallest absolute Gasteiger partial charge is 0.266 e. The number of carbonyl (C=O) groups excluding carboxylic acids is 1. The number of nitrogens with zero attached hydrogens (tertiary/aromatic N) is 2. The van der Waals surface area contributed by atoms with Gasteiger partial charge in [0.25, 0.3) is 5.91 Å². The number of ether oxygens (including phenoxy) is 2. The molecule has 0 aliphatic rings. The number of carbonyl (C=O) groups is 1. The van der Waals surface area contributed by atoms with Gasteiger partial charge in [-0.3, -0.25) is 10.1 Å². The molecule has 1 N–H and O–H groups in total. The van der Waals surface area contributed by atoms with Gasteiger partial charge in [0.1, 0.15) is 16.5 Å². The maximum atomic E-state index is 12.3. The van der Waals surface area contributed by atoms with Gasteiger partial charge in [0.15, 0.2) is 6.10 Å². The van der Waals surface area contributed by atoms with Crippen LogP contribution in [0.4, 0.5) is 5.13 Å². The van der Waals surface area contributed by atoms with Gasteiger partial charge < -0.3 is 9.47 Å². The maximum absolute atomic E-state index is 12.3. The lowest BCUT2D eigenvalue weighted by molar-refractivity contribution is -0.122. The van der Waals surface area contributed by atoms with Gasteiger partial charge in [-0.15, -0.1) is 10.2 Å². The van der Waals surface area contributed by atoms with Crippen molar-refractivity contribution in [3.63, 3.8) is 0 Å². The molecule has 26 heavy (non-hydrogen) atoms. The Morgan fingerprint density at radius 2 is 1.88 bits per heavy atom. The van der Waals surface area contributed by atoms with Gasteiger partial charge in [-0.05, 0) is 43.3 Å². The summed E-state index contributed by atoms with van der Waals surface area (Å²) in [4.78, 5) is 12.3. The summed E-state index contributed by atoms with van der Waals surface area (Å²) < 4.78 is 10.7. The highest BCUT2D eigenvalue weighted by molar-refractivity contribution is 7.18. The lowest BCUT2D eigenvalue weighted by Gasteiger charge is -2.14. The minimum absolute atomic E-state index is 0.331. The Kier molecular flexibility index (Phi) is 5.70. The number of anilines is 1. The van der Waals surface area contributed by atoms with Crippen molar-refractivity contribution in [1.82, 2.24) is 10.2 Å².